The van der Waals surface area contributed by atoms with Gasteiger partial charge in [0.1, 0.15) is 11.8 Å². The summed E-state index contributed by atoms with van der Waals surface area (Å²) in [6.07, 6.45) is 5.42. The molecule has 0 bridgehead atoms. The van der Waals surface area contributed by atoms with Crippen molar-refractivity contribution in [3.63, 3.8) is 0 Å². The third-order valence-electron chi connectivity index (χ3n) is 3.17. The van der Waals surface area contributed by atoms with Gasteiger partial charge in [0.15, 0.2) is 5.94 Å². The number of hydrogen-bond acceptors (Lipinski definition) is 4. The standard InChI is InChI=1S/C13H15N3O/c1-10-13(16-5-3-2-4-6-16)7-11(8-14)12(9-17)15-10/h7,15H,2-6H2,1H3. The van der Waals surface area contributed by atoms with E-state index in [0.29, 0.717) is 5.57 Å². The molecule has 17 heavy (non-hydrogen) atoms. The maximum atomic E-state index is 10.7. The van der Waals surface area contributed by atoms with Crippen molar-refractivity contribution in [2.75, 3.05) is 13.1 Å². The molecule has 0 aromatic heterocycles. The average molecular weight is 229 g/mol. The zero-order valence-electron chi connectivity index (χ0n) is 9.92. The smallest absolute Gasteiger partial charge is 0.151 e. The summed E-state index contributed by atoms with van der Waals surface area (Å²) in [6.45, 7) is 3.96. The quantitative estimate of drug-likeness (QED) is 0.692. The molecule has 2 heterocycles. The number of likely N-dealkylation sites (tertiary alicyclic amines) is 1. The van der Waals surface area contributed by atoms with Gasteiger partial charge in [0.05, 0.1) is 11.3 Å². The number of rotatable bonds is 1. The van der Waals surface area contributed by atoms with Crippen LogP contribution in [0.5, 0.6) is 0 Å². The van der Waals surface area contributed by atoms with E-state index in [2.05, 4.69) is 10.2 Å². The van der Waals surface area contributed by atoms with E-state index < -0.39 is 0 Å². The molecular formula is C13H15N3O. The van der Waals surface area contributed by atoms with Crippen molar-refractivity contribution in [2.45, 2.75) is 26.2 Å². The van der Waals surface area contributed by atoms with Crippen LogP contribution in [0.15, 0.2) is 28.7 Å². The van der Waals surface area contributed by atoms with E-state index in [9.17, 15) is 4.79 Å². The normalized spacial score (nSPS) is 20.4. The Morgan fingerprint density at radius 1 is 1.35 bits per heavy atom. The fourth-order valence-electron chi connectivity index (χ4n) is 2.27. The lowest BCUT2D eigenvalue weighted by atomic mass is 10.0. The van der Waals surface area contributed by atoms with Gasteiger partial charge in [0.2, 0.25) is 0 Å². The zero-order valence-corrected chi connectivity index (χ0v) is 9.92. The SMILES string of the molecule is CC1=C(N2CCCCC2)C=C(C#N)C(=C=O)N1. The predicted molar refractivity (Wildman–Crippen MR) is 64.2 cm³/mol. The molecule has 0 amide bonds. The summed E-state index contributed by atoms with van der Waals surface area (Å²) in [7, 11) is 0. The number of piperidine rings is 1. The number of allylic oxidation sites excluding steroid dienone is 3. The summed E-state index contributed by atoms with van der Waals surface area (Å²) in [5.74, 6) is 1.77. The van der Waals surface area contributed by atoms with E-state index >= 15 is 0 Å². The number of hydrogen-bond donors (Lipinski definition) is 1. The molecule has 0 spiro atoms. The second kappa shape index (κ2) is 4.90. The molecule has 4 nitrogen and oxygen atoms in total. The molecule has 1 N–H and O–H groups in total. The first kappa shape index (κ1) is 11.5. The van der Waals surface area contributed by atoms with Gasteiger partial charge in [0.25, 0.3) is 0 Å². The predicted octanol–water partition coefficient (Wildman–Crippen LogP) is 1.47. The molecule has 0 radical (unpaired) electrons. The second-order valence-electron chi connectivity index (χ2n) is 4.33. The molecule has 0 aromatic rings. The molecule has 2 aliphatic heterocycles. The van der Waals surface area contributed by atoms with Gasteiger partial charge in [-0.2, -0.15) is 5.26 Å². The van der Waals surface area contributed by atoms with Gasteiger partial charge in [-0.15, -0.1) is 0 Å². The minimum absolute atomic E-state index is 0.241. The first-order valence-corrected chi connectivity index (χ1v) is 5.86. The lowest BCUT2D eigenvalue weighted by Gasteiger charge is -2.32. The Hall–Kier alpha value is -1.98. The Balaban J connectivity index is 2.31. The van der Waals surface area contributed by atoms with Gasteiger partial charge in [0, 0.05) is 18.8 Å². The van der Waals surface area contributed by atoms with Crippen molar-refractivity contribution in [1.82, 2.24) is 10.2 Å². The van der Waals surface area contributed by atoms with Crippen LogP contribution in [0.4, 0.5) is 0 Å². The van der Waals surface area contributed by atoms with Crippen LogP contribution in [-0.2, 0) is 4.79 Å². The maximum Gasteiger partial charge on any atom is 0.151 e. The third-order valence-corrected chi connectivity index (χ3v) is 3.17. The van der Waals surface area contributed by atoms with Crippen LogP contribution < -0.4 is 5.32 Å². The Kier molecular flexibility index (Phi) is 3.32. The first-order chi connectivity index (χ1) is 8.26. The highest BCUT2D eigenvalue weighted by atomic mass is 16.1. The first-order valence-electron chi connectivity index (χ1n) is 5.86. The molecule has 1 fully saturated rings. The van der Waals surface area contributed by atoms with Crippen molar-refractivity contribution >= 4 is 5.94 Å². The van der Waals surface area contributed by atoms with E-state index in [1.54, 1.807) is 12.0 Å². The third kappa shape index (κ3) is 2.25. The fraction of sp³-hybridized carbons (Fsp3) is 0.462. The second-order valence-corrected chi connectivity index (χ2v) is 4.33. The van der Waals surface area contributed by atoms with Crippen molar-refractivity contribution in [2.24, 2.45) is 0 Å². The topological polar surface area (TPSA) is 56.1 Å². The molecule has 0 unspecified atom stereocenters. The van der Waals surface area contributed by atoms with Crippen LogP contribution in [0.1, 0.15) is 26.2 Å². The summed E-state index contributed by atoms with van der Waals surface area (Å²) in [4.78, 5) is 13.0. The van der Waals surface area contributed by atoms with E-state index in [0.717, 1.165) is 24.5 Å². The number of nitriles is 1. The molecule has 2 rings (SSSR count). The summed E-state index contributed by atoms with van der Waals surface area (Å²) in [6, 6.07) is 2.03. The van der Waals surface area contributed by atoms with E-state index in [-0.39, 0.29) is 5.70 Å². The molecule has 4 heteroatoms. The highest BCUT2D eigenvalue weighted by molar-refractivity contribution is 5.67. The van der Waals surface area contributed by atoms with Crippen LogP contribution >= 0.6 is 0 Å². The summed E-state index contributed by atoms with van der Waals surface area (Å²) < 4.78 is 0. The number of nitrogens with one attached hydrogen (secondary N) is 1. The minimum atomic E-state index is 0.241. The van der Waals surface area contributed by atoms with Crippen molar-refractivity contribution in [3.05, 3.63) is 28.7 Å². The molecule has 0 atom stereocenters. The molecule has 88 valence electrons. The van der Waals surface area contributed by atoms with Gasteiger partial charge < -0.3 is 10.2 Å². The average Bonchev–Trinajstić information content (AvgIpc) is 2.39. The summed E-state index contributed by atoms with van der Waals surface area (Å²) >= 11 is 0. The molecule has 1 saturated heterocycles. The van der Waals surface area contributed by atoms with Gasteiger partial charge >= 0.3 is 0 Å². The van der Waals surface area contributed by atoms with Crippen molar-refractivity contribution in [1.29, 1.82) is 5.26 Å². The van der Waals surface area contributed by atoms with Crippen LogP contribution in [0, 0.1) is 11.3 Å². The zero-order chi connectivity index (χ0) is 12.3. The number of carbonyl (C=O) groups excluding carboxylic acids is 1. The molecule has 2 aliphatic rings. The molecule has 0 saturated carbocycles. The maximum absolute atomic E-state index is 10.7. The molecule has 0 aliphatic carbocycles. The highest BCUT2D eigenvalue weighted by Gasteiger charge is 2.20. The minimum Gasteiger partial charge on any atom is -0.370 e. The van der Waals surface area contributed by atoms with Gasteiger partial charge in [-0.3, -0.25) is 0 Å². The largest absolute Gasteiger partial charge is 0.370 e. The van der Waals surface area contributed by atoms with Gasteiger partial charge in [-0.05, 0) is 32.3 Å². The number of nitrogens with zero attached hydrogens (tertiary/aromatic N) is 2. The number of dihydropyridines is 1. The Bertz CT molecular complexity index is 469. The Morgan fingerprint density at radius 3 is 2.65 bits per heavy atom. The fourth-order valence-corrected chi connectivity index (χ4v) is 2.27. The van der Waals surface area contributed by atoms with Crippen molar-refractivity contribution < 1.29 is 4.79 Å². The molecule has 0 aromatic carbocycles. The van der Waals surface area contributed by atoms with E-state index in [4.69, 9.17) is 5.26 Å². The van der Waals surface area contributed by atoms with E-state index in [1.165, 1.54) is 19.3 Å². The summed E-state index contributed by atoms with van der Waals surface area (Å²) in [5, 5.41) is 12.0. The van der Waals surface area contributed by atoms with Crippen LogP contribution in [0.2, 0.25) is 0 Å². The van der Waals surface area contributed by atoms with E-state index in [1.807, 2.05) is 13.0 Å². The van der Waals surface area contributed by atoms with Crippen LogP contribution in [0.3, 0.4) is 0 Å². The Morgan fingerprint density at radius 2 is 2.06 bits per heavy atom. The monoisotopic (exact) mass is 229 g/mol. The van der Waals surface area contributed by atoms with Crippen LogP contribution in [-0.4, -0.2) is 23.9 Å². The lowest BCUT2D eigenvalue weighted by Crippen LogP contribution is -2.33. The van der Waals surface area contributed by atoms with Crippen LogP contribution in [0.25, 0.3) is 0 Å². The Labute approximate surface area is 101 Å². The molecular weight excluding hydrogens is 214 g/mol. The lowest BCUT2D eigenvalue weighted by molar-refractivity contribution is 0.288. The van der Waals surface area contributed by atoms with Gasteiger partial charge in [-0.25, -0.2) is 4.79 Å². The summed E-state index contributed by atoms with van der Waals surface area (Å²) in [5.41, 5.74) is 2.56. The van der Waals surface area contributed by atoms with Gasteiger partial charge in [-0.1, -0.05) is 0 Å². The van der Waals surface area contributed by atoms with Crippen molar-refractivity contribution in [3.8, 4) is 6.07 Å². The highest BCUT2D eigenvalue weighted by Crippen LogP contribution is 2.24.